The maximum absolute atomic E-state index is 13.3. The number of amides is 1. The van der Waals surface area contributed by atoms with Gasteiger partial charge in [-0.1, -0.05) is 17.7 Å². The van der Waals surface area contributed by atoms with Gasteiger partial charge in [-0.15, -0.1) is 0 Å². The molecule has 0 aliphatic carbocycles. The molecule has 0 fully saturated rings. The first kappa shape index (κ1) is 14.3. The Morgan fingerprint density at radius 1 is 1.25 bits per heavy atom. The highest BCUT2D eigenvalue weighted by atomic mass is 35.5. The van der Waals surface area contributed by atoms with Crippen molar-refractivity contribution < 1.29 is 13.9 Å². The molecule has 1 N–H and O–H groups in total. The normalized spacial score (nSPS) is 10.2. The second kappa shape index (κ2) is 6.39. The lowest BCUT2D eigenvalue weighted by molar-refractivity contribution is -0.118. The molecule has 2 rings (SSSR count). The fourth-order valence-corrected chi connectivity index (χ4v) is 1.67. The first-order chi connectivity index (χ1) is 9.54. The minimum Gasteiger partial charge on any atom is -0.484 e. The number of anilines is 1. The molecule has 3 nitrogen and oxygen atoms in total. The highest BCUT2D eigenvalue weighted by Gasteiger charge is 2.05. The van der Waals surface area contributed by atoms with E-state index in [4.69, 9.17) is 16.3 Å². The van der Waals surface area contributed by atoms with E-state index in [9.17, 15) is 9.18 Å². The number of nitrogens with one attached hydrogen (secondary N) is 1. The van der Waals surface area contributed by atoms with Crippen LogP contribution in [0.5, 0.6) is 5.75 Å². The van der Waals surface area contributed by atoms with Crippen molar-refractivity contribution in [2.24, 2.45) is 0 Å². The molecule has 0 aliphatic rings. The average molecular weight is 294 g/mol. The lowest BCUT2D eigenvalue weighted by Gasteiger charge is -2.08. The minimum atomic E-state index is -0.361. The summed E-state index contributed by atoms with van der Waals surface area (Å²) in [5.41, 5.74) is 1.15. The SMILES string of the molecule is Cc1ccc(OCC(=O)Nc2ccc(Cl)cc2)cc1F. The smallest absolute Gasteiger partial charge is 0.262 e. The Bertz CT molecular complexity index is 614. The number of aryl methyl sites for hydroxylation is 1. The number of carbonyl (C=O) groups is 1. The first-order valence-corrected chi connectivity index (χ1v) is 6.37. The molecular weight excluding hydrogens is 281 g/mol. The Labute approximate surface area is 121 Å². The molecular formula is C15H13ClFNO2. The molecule has 1 amide bonds. The van der Waals surface area contributed by atoms with Crippen LogP contribution >= 0.6 is 11.6 Å². The summed E-state index contributed by atoms with van der Waals surface area (Å²) in [5, 5.41) is 3.24. The van der Waals surface area contributed by atoms with Gasteiger partial charge in [0, 0.05) is 16.8 Å². The number of carbonyl (C=O) groups excluding carboxylic acids is 1. The fraction of sp³-hybridized carbons (Fsp3) is 0.133. The van der Waals surface area contributed by atoms with Crippen molar-refractivity contribution in [1.29, 1.82) is 0 Å². The van der Waals surface area contributed by atoms with Crippen molar-refractivity contribution in [3.05, 3.63) is 58.9 Å². The van der Waals surface area contributed by atoms with Crippen LogP contribution in [-0.4, -0.2) is 12.5 Å². The predicted octanol–water partition coefficient (Wildman–Crippen LogP) is 3.81. The summed E-state index contributed by atoms with van der Waals surface area (Å²) in [5.74, 6) is -0.367. The molecule has 0 aromatic heterocycles. The Morgan fingerprint density at radius 2 is 1.95 bits per heavy atom. The van der Waals surface area contributed by atoms with E-state index in [1.807, 2.05) is 0 Å². The molecule has 2 aromatic rings. The van der Waals surface area contributed by atoms with Gasteiger partial charge < -0.3 is 10.1 Å². The molecule has 2 aromatic carbocycles. The number of halogens is 2. The third kappa shape index (κ3) is 3.96. The van der Waals surface area contributed by atoms with Gasteiger partial charge in [0.05, 0.1) is 0 Å². The molecule has 0 radical (unpaired) electrons. The van der Waals surface area contributed by atoms with E-state index in [0.717, 1.165) is 0 Å². The van der Waals surface area contributed by atoms with Crippen molar-refractivity contribution in [2.75, 3.05) is 11.9 Å². The molecule has 104 valence electrons. The summed E-state index contributed by atoms with van der Waals surface area (Å²) in [6.45, 7) is 1.47. The molecule has 0 saturated heterocycles. The Morgan fingerprint density at radius 3 is 2.60 bits per heavy atom. The zero-order valence-corrected chi connectivity index (χ0v) is 11.6. The summed E-state index contributed by atoms with van der Waals surface area (Å²) in [7, 11) is 0. The van der Waals surface area contributed by atoms with Gasteiger partial charge in [-0.2, -0.15) is 0 Å². The Kier molecular flexibility index (Phi) is 4.58. The Balaban J connectivity index is 1.88. The van der Waals surface area contributed by atoms with Crippen LogP contribution in [0.25, 0.3) is 0 Å². The average Bonchev–Trinajstić information content (AvgIpc) is 2.43. The topological polar surface area (TPSA) is 38.3 Å². The lowest BCUT2D eigenvalue weighted by Crippen LogP contribution is -2.20. The molecule has 0 unspecified atom stereocenters. The Hall–Kier alpha value is -2.07. The van der Waals surface area contributed by atoms with Crippen LogP contribution in [-0.2, 0) is 4.79 Å². The van der Waals surface area contributed by atoms with Crippen LogP contribution in [0.3, 0.4) is 0 Å². The molecule has 0 aliphatic heterocycles. The maximum Gasteiger partial charge on any atom is 0.262 e. The van der Waals surface area contributed by atoms with Crippen molar-refractivity contribution >= 4 is 23.2 Å². The van der Waals surface area contributed by atoms with Crippen LogP contribution in [0.1, 0.15) is 5.56 Å². The van der Waals surface area contributed by atoms with Crippen molar-refractivity contribution in [3.8, 4) is 5.75 Å². The van der Waals surface area contributed by atoms with E-state index in [1.54, 1.807) is 43.3 Å². The maximum atomic E-state index is 13.3. The van der Waals surface area contributed by atoms with E-state index < -0.39 is 0 Å². The fourth-order valence-electron chi connectivity index (χ4n) is 1.54. The van der Waals surface area contributed by atoms with Gasteiger partial charge in [0.25, 0.3) is 5.91 Å². The van der Waals surface area contributed by atoms with Crippen LogP contribution < -0.4 is 10.1 Å². The van der Waals surface area contributed by atoms with Crippen molar-refractivity contribution in [1.82, 2.24) is 0 Å². The molecule has 0 spiro atoms. The molecule has 5 heteroatoms. The third-order valence-electron chi connectivity index (χ3n) is 2.64. The second-order valence-corrected chi connectivity index (χ2v) is 4.69. The summed E-state index contributed by atoms with van der Waals surface area (Å²) >= 11 is 5.74. The second-order valence-electron chi connectivity index (χ2n) is 4.25. The van der Waals surface area contributed by atoms with Gasteiger partial charge in [0.2, 0.25) is 0 Å². The number of benzene rings is 2. The van der Waals surface area contributed by atoms with Crippen molar-refractivity contribution in [3.63, 3.8) is 0 Å². The van der Waals surface area contributed by atoms with Gasteiger partial charge in [0.15, 0.2) is 6.61 Å². The summed E-state index contributed by atoms with van der Waals surface area (Å²) in [4.78, 5) is 11.7. The highest BCUT2D eigenvalue weighted by Crippen LogP contribution is 2.16. The van der Waals surface area contributed by atoms with Gasteiger partial charge in [-0.05, 0) is 42.8 Å². The van der Waals surface area contributed by atoms with Gasteiger partial charge in [0.1, 0.15) is 11.6 Å². The molecule has 0 heterocycles. The van der Waals surface area contributed by atoms with E-state index >= 15 is 0 Å². The number of rotatable bonds is 4. The van der Waals surface area contributed by atoms with E-state index in [1.165, 1.54) is 6.07 Å². The predicted molar refractivity (Wildman–Crippen MR) is 76.7 cm³/mol. The van der Waals surface area contributed by atoms with Gasteiger partial charge in [-0.25, -0.2) is 4.39 Å². The minimum absolute atomic E-state index is 0.189. The van der Waals surface area contributed by atoms with E-state index in [-0.39, 0.29) is 18.3 Å². The van der Waals surface area contributed by atoms with Gasteiger partial charge >= 0.3 is 0 Å². The van der Waals surface area contributed by atoms with Crippen LogP contribution in [0.4, 0.5) is 10.1 Å². The molecule has 0 saturated carbocycles. The van der Waals surface area contributed by atoms with E-state index in [0.29, 0.717) is 22.0 Å². The van der Waals surface area contributed by atoms with Crippen LogP contribution in [0, 0.1) is 12.7 Å². The van der Waals surface area contributed by atoms with E-state index in [2.05, 4.69) is 5.32 Å². The zero-order valence-electron chi connectivity index (χ0n) is 10.8. The standard InChI is InChI=1S/C15H13ClFNO2/c1-10-2-7-13(8-14(10)17)20-9-15(19)18-12-5-3-11(16)4-6-12/h2-8H,9H2,1H3,(H,18,19). The molecule has 0 bridgehead atoms. The third-order valence-corrected chi connectivity index (χ3v) is 2.89. The summed E-state index contributed by atoms with van der Waals surface area (Å²) in [6.07, 6.45) is 0. The quantitative estimate of drug-likeness (QED) is 0.931. The lowest BCUT2D eigenvalue weighted by atomic mass is 10.2. The van der Waals surface area contributed by atoms with Crippen LogP contribution in [0.15, 0.2) is 42.5 Å². The zero-order chi connectivity index (χ0) is 14.5. The van der Waals surface area contributed by atoms with Crippen LogP contribution in [0.2, 0.25) is 5.02 Å². The van der Waals surface area contributed by atoms with Crippen molar-refractivity contribution in [2.45, 2.75) is 6.92 Å². The number of hydrogen-bond acceptors (Lipinski definition) is 2. The summed E-state index contributed by atoms with van der Waals surface area (Å²) in [6, 6.07) is 11.2. The number of ether oxygens (including phenoxy) is 1. The van der Waals surface area contributed by atoms with Gasteiger partial charge in [-0.3, -0.25) is 4.79 Å². The first-order valence-electron chi connectivity index (χ1n) is 5.99. The summed E-state index contributed by atoms with van der Waals surface area (Å²) < 4.78 is 18.5. The largest absolute Gasteiger partial charge is 0.484 e. The highest BCUT2D eigenvalue weighted by molar-refractivity contribution is 6.30. The molecule has 20 heavy (non-hydrogen) atoms. The molecule has 0 atom stereocenters. The monoisotopic (exact) mass is 293 g/mol. The number of hydrogen-bond donors (Lipinski definition) is 1.